The zero-order valence-electron chi connectivity index (χ0n) is 17.9. The van der Waals surface area contributed by atoms with Crippen LogP contribution in [0.1, 0.15) is 27.8 Å². The normalized spacial score (nSPS) is 10.4. The first-order valence-corrected chi connectivity index (χ1v) is 10.6. The largest absolute Gasteiger partial charge is 0.422 e. The summed E-state index contributed by atoms with van der Waals surface area (Å²) in [5.41, 5.74) is 4.20. The van der Waals surface area contributed by atoms with Crippen molar-refractivity contribution >= 4 is 33.9 Å². The van der Waals surface area contributed by atoms with Gasteiger partial charge in [0.25, 0.3) is 0 Å². The van der Waals surface area contributed by atoms with Crippen molar-refractivity contribution in [2.24, 2.45) is 0 Å². The first kappa shape index (κ1) is 22.5. The third-order valence-electron chi connectivity index (χ3n) is 4.69. The van der Waals surface area contributed by atoms with Gasteiger partial charge in [0.15, 0.2) is 0 Å². The van der Waals surface area contributed by atoms with E-state index in [1.54, 1.807) is 24.3 Å². The van der Waals surface area contributed by atoms with Crippen LogP contribution in [0.15, 0.2) is 70.7 Å². The molecule has 0 heterocycles. The third-order valence-corrected chi connectivity index (χ3v) is 5.22. The second kappa shape index (κ2) is 9.75. The number of ether oxygens (including phenoxy) is 2. The SMILES string of the molecule is Cc1ccc(OC(=O)C(=Cc2ccc(Br)cc2)C(=O)Oc2ccc(C)cc2C)c(C)c1. The minimum Gasteiger partial charge on any atom is -0.422 e. The van der Waals surface area contributed by atoms with Crippen molar-refractivity contribution in [2.75, 3.05) is 0 Å². The summed E-state index contributed by atoms with van der Waals surface area (Å²) < 4.78 is 12.0. The fourth-order valence-electron chi connectivity index (χ4n) is 3.06. The molecule has 0 aliphatic rings. The van der Waals surface area contributed by atoms with Crippen molar-refractivity contribution in [3.05, 3.63) is 98.5 Å². The van der Waals surface area contributed by atoms with Crippen molar-refractivity contribution in [1.82, 2.24) is 0 Å². The average Bonchev–Trinajstić information content (AvgIpc) is 2.71. The molecule has 4 nitrogen and oxygen atoms in total. The quantitative estimate of drug-likeness (QED) is 0.142. The van der Waals surface area contributed by atoms with Crippen LogP contribution in [0.25, 0.3) is 6.08 Å². The van der Waals surface area contributed by atoms with Crippen LogP contribution in [-0.2, 0) is 9.59 Å². The van der Waals surface area contributed by atoms with Gasteiger partial charge >= 0.3 is 11.9 Å². The molecule has 0 aromatic heterocycles. The molecule has 3 aromatic rings. The van der Waals surface area contributed by atoms with E-state index in [-0.39, 0.29) is 5.57 Å². The molecule has 0 aliphatic heterocycles. The minimum absolute atomic E-state index is 0.192. The van der Waals surface area contributed by atoms with Gasteiger partial charge < -0.3 is 9.47 Å². The van der Waals surface area contributed by atoms with E-state index in [4.69, 9.17) is 9.47 Å². The Morgan fingerprint density at radius 2 is 1.16 bits per heavy atom. The Hall–Kier alpha value is -3.18. The van der Waals surface area contributed by atoms with Gasteiger partial charge in [-0.1, -0.05) is 63.5 Å². The Morgan fingerprint density at radius 3 is 1.58 bits per heavy atom. The molecule has 5 heteroatoms. The van der Waals surface area contributed by atoms with Gasteiger partial charge in [0.05, 0.1) is 0 Å². The maximum absolute atomic E-state index is 13.0. The summed E-state index contributed by atoms with van der Waals surface area (Å²) in [7, 11) is 0. The zero-order valence-corrected chi connectivity index (χ0v) is 19.4. The highest BCUT2D eigenvalue weighted by Crippen LogP contribution is 2.24. The lowest BCUT2D eigenvalue weighted by atomic mass is 10.1. The van der Waals surface area contributed by atoms with Crippen molar-refractivity contribution in [3.63, 3.8) is 0 Å². The van der Waals surface area contributed by atoms with Crippen LogP contribution in [0.2, 0.25) is 0 Å². The molecule has 31 heavy (non-hydrogen) atoms. The number of carbonyl (C=O) groups is 2. The third kappa shape index (κ3) is 5.92. The predicted octanol–water partition coefficient (Wildman–Crippen LogP) is 6.28. The number of carbonyl (C=O) groups excluding carboxylic acids is 2. The second-order valence-electron chi connectivity index (χ2n) is 7.43. The van der Waals surface area contributed by atoms with Crippen molar-refractivity contribution in [2.45, 2.75) is 27.7 Å². The van der Waals surface area contributed by atoms with Crippen LogP contribution in [0.5, 0.6) is 11.5 Å². The van der Waals surface area contributed by atoms with Gasteiger partial charge in [-0.2, -0.15) is 0 Å². The molecule has 0 amide bonds. The van der Waals surface area contributed by atoms with Crippen LogP contribution in [-0.4, -0.2) is 11.9 Å². The lowest BCUT2D eigenvalue weighted by molar-refractivity contribution is -0.137. The highest BCUT2D eigenvalue weighted by atomic mass is 79.9. The van der Waals surface area contributed by atoms with E-state index >= 15 is 0 Å². The van der Waals surface area contributed by atoms with Gasteiger partial charge in [-0.05, 0) is 74.7 Å². The molecule has 0 bridgehead atoms. The molecule has 0 saturated carbocycles. The van der Waals surface area contributed by atoms with E-state index in [9.17, 15) is 9.59 Å². The highest BCUT2D eigenvalue weighted by molar-refractivity contribution is 9.10. The maximum Gasteiger partial charge on any atom is 0.351 e. The molecule has 0 fully saturated rings. The van der Waals surface area contributed by atoms with E-state index < -0.39 is 11.9 Å². The van der Waals surface area contributed by atoms with Crippen LogP contribution >= 0.6 is 15.9 Å². The lowest BCUT2D eigenvalue weighted by Gasteiger charge is -2.12. The number of aryl methyl sites for hydroxylation is 4. The van der Waals surface area contributed by atoms with E-state index in [1.165, 1.54) is 6.08 Å². The molecule has 0 saturated heterocycles. The summed E-state index contributed by atoms with van der Waals surface area (Å²) in [4.78, 5) is 26.0. The zero-order chi connectivity index (χ0) is 22.5. The van der Waals surface area contributed by atoms with E-state index in [0.29, 0.717) is 17.1 Å². The standard InChI is InChI=1S/C26H23BrO4/c1-16-5-11-23(18(3)13-16)30-25(28)22(15-20-7-9-21(27)10-8-20)26(29)31-24-12-6-17(2)14-19(24)4/h5-15H,1-4H3. The molecule has 0 N–H and O–H groups in total. The number of hydrogen-bond donors (Lipinski definition) is 0. The molecular formula is C26H23BrO4. The number of halogens is 1. The molecule has 0 radical (unpaired) electrons. The average molecular weight is 479 g/mol. The first-order valence-electron chi connectivity index (χ1n) is 9.79. The van der Waals surface area contributed by atoms with Crippen LogP contribution in [0.4, 0.5) is 0 Å². The number of benzene rings is 3. The van der Waals surface area contributed by atoms with Gasteiger partial charge in [0.1, 0.15) is 17.1 Å². The lowest BCUT2D eigenvalue weighted by Crippen LogP contribution is -2.23. The predicted molar refractivity (Wildman–Crippen MR) is 125 cm³/mol. The molecule has 0 aliphatic carbocycles. The summed E-state index contributed by atoms with van der Waals surface area (Å²) in [6.07, 6.45) is 1.48. The Balaban J connectivity index is 1.94. The fourth-order valence-corrected chi connectivity index (χ4v) is 3.33. The maximum atomic E-state index is 13.0. The number of hydrogen-bond acceptors (Lipinski definition) is 4. The second-order valence-corrected chi connectivity index (χ2v) is 8.34. The molecule has 0 unspecified atom stereocenters. The smallest absolute Gasteiger partial charge is 0.351 e. The van der Waals surface area contributed by atoms with Gasteiger partial charge in [0, 0.05) is 4.47 Å². The van der Waals surface area contributed by atoms with Crippen LogP contribution in [0.3, 0.4) is 0 Å². The van der Waals surface area contributed by atoms with Gasteiger partial charge in [-0.15, -0.1) is 0 Å². The summed E-state index contributed by atoms with van der Waals surface area (Å²) in [6.45, 7) is 7.61. The molecule has 3 aromatic carbocycles. The van der Waals surface area contributed by atoms with Gasteiger partial charge in [-0.3, -0.25) is 0 Å². The van der Waals surface area contributed by atoms with E-state index in [1.807, 2.05) is 64.1 Å². The van der Waals surface area contributed by atoms with Crippen molar-refractivity contribution in [3.8, 4) is 11.5 Å². The summed E-state index contributed by atoms with van der Waals surface area (Å²) in [5, 5.41) is 0. The van der Waals surface area contributed by atoms with E-state index in [0.717, 1.165) is 26.7 Å². The first-order chi connectivity index (χ1) is 14.7. The van der Waals surface area contributed by atoms with Crippen LogP contribution < -0.4 is 9.47 Å². The Morgan fingerprint density at radius 1 is 0.710 bits per heavy atom. The fraction of sp³-hybridized carbons (Fsp3) is 0.154. The summed E-state index contributed by atoms with van der Waals surface area (Å²) in [6, 6.07) is 18.2. The van der Waals surface area contributed by atoms with Crippen molar-refractivity contribution < 1.29 is 19.1 Å². The van der Waals surface area contributed by atoms with Crippen molar-refractivity contribution in [1.29, 1.82) is 0 Å². The van der Waals surface area contributed by atoms with Gasteiger partial charge in [-0.25, -0.2) is 9.59 Å². The Bertz CT molecular complexity index is 1090. The molecule has 0 spiro atoms. The summed E-state index contributed by atoms with van der Waals surface area (Å²) >= 11 is 3.38. The topological polar surface area (TPSA) is 52.6 Å². The summed E-state index contributed by atoms with van der Waals surface area (Å²) in [5.74, 6) is -0.748. The minimum atomic E-state index is -0.773. The van der Waals surface area contributed by atoms with Crippen LogP contribution in [0, 0.1) is 27.7 Å². The van der Waals surface area contributed by atoms with E-state index in [2.05, 4.69) is 15.9 Å². The number of rotatable bonds is 5. The molecular weight excluding hydrogens is 456 g/mol. The van der Waals surface area contributed by atoms with Gasteiger partial charge in [0.2, 0.25) is 0 Å². The monoisotopic (exact) mass is 478 g/mol. The molecule has 0 atom stereocenters. The highest BCUT2D eigenvalue weighted by Gasteiger charge is 2.24. The number of esters is 2. The molecule has 3 rings (SSSR count). The Labute approximate surface area is 190 Å². The molecule has 158 valence electrons. The Kier molecular flexibility index (Phi) is 7.08.